The second-order valence-electron chi connectivity index (χ2n) is 3.54. The Labute approximate surface area is 113 Å². The van der Waals surface area contributed by atoms with Gasteiger partial charge in [0.15, 0.2) is 6.54 Å². The van der Waals surface area contributed by atoms with Gasteiger partial charge in [0.25, 0.3) is 0 Å². The van der Waals surface area contributed by atoms with E-state index in [4.69, 9.17) is 4.11 Å². The first-order valence-electron chi connectivity index (χ1n) is 6.63. The number of rotatable bonds is 1. The zero-order chi connectivity index (χ0) is 16.3. The third-order valence-electron chi connectivity index (χ3n) is 2.39. The summed E-state index contributed by atoms with van der Waals surface area (Å²) < 4.78 is 24.1. The summed E-state index contributed by atoms with van der Waals surface area (Å²) in [6.45, 7) is -0.221. The molecule has 1 aromatic rings. The van der Waals surface area contributed by atoms with E-state index in [0.717, 1.165) is 11.3 Å². The van der Waals surface area contributed by atoms with E-state index in [0.29, 0.717) is 5.06 Å². The molecule has 8 nitrogen and oxygen atoms in total. The molecule has 1 aromatic carbocycles. The van der Waals surface area contributed by atoms with E-state index >= 15 is 0 Å². The van der Waals surface area contributed by atoms with E-state index in [-0.39, 0.29) is 23.6 Å². The predicted octanol–water partition coefficient (Wildman–Crippen LogP) is 2.23. The highest BCUT2D eigenvalue weighted by Crippen LogP contribution is 2.34. The van der Waals surface area contributed by atoms with Crippen molar-refractivity contribution in [1.29, 1.82) is 0 Å². The van der Waals surface area contributed by atoms with Crippen molar-refractivity contribution >= 4 is 17.5 Å². The van der Waals surface area contributed by atoms with Crippen LogP contribution in [0.15, 0.2) is 46.4 Å². The first-order valence-corrected chi connectivity index (χ1v) is 5.13. The monoisotopic (exact) mass is 266 g/mol. The van der Waals surface area contributed by atoms with E-state index in [9.17, 15) is 15.2 Å². The van der Waals surface area contributed by atoms with Crippen molar-refractivity contribution in [2.24, 2.45) is 10.2 Å². The molecule has 1 heterocycles. The Balaban J connectivity index is 2.12. The number of hydrogen-bond acceptors (Lipinski definition) is 7. The molecular formula is C11H11N4O4. The summed E-state index contributed by atoms with van der Waals surface area (Å²) in [5.74, 6) is 0. The average molecular weight is 266 g/mol. The topological polar surface area (TPSA) is 103 Å². The molecule has 2 rings (SSSR count). The molecule has 0 bridgehead atoms. The van der Waals surface area contributed by atoms with Gasteiger partial charge in [-0.1, -0.05) is 17.2 Å². The number of benzene rings is 1. The van der Waals surface area contributed by atoms with Crippen LogP contribution in [0, 0.1) is 5.21 Å². The van der Waals surface area contributed by atoms with Gasteiger partial charge < -0.3 is 9.94 Å². The number of carbonyl (C=O) groups is 1. The molecule has 19 heavy (non-hydrogen) atoms. The predicted molar refractivity (Wildman–Crippen MR) is 66.1 cm³/mol. The smallest absolute Gasteiger partial charge is 0.452 e. The minimum absolute atomic E-state index is 0.0548. The van der Waals surface area contributed by atoms with Crippen LogP contribution in [-0.2, 0) is 4.74 Å². The molecule has 0 spiro atoms. The highest BCUT2D eigenvalue weighted by molar-refractivity contribution is 5.71. The van der Waals surface area contributed by atoms with Crippen LogP contribution in [-0.4, -0.2) is 24.9 Å². The lowest BCUT2D eigenvalue weighted by Gasteiger charge is -2.29. The van der Waals surface area contributed by atoms with Crippen molar-refractivity contribution in [3.63, 3.8) is 0 Å². The van der Waals surface area contributed by atoms with E-state index in [2.05, 4.69) is 15.0 Å². The molecule has 0 fully saturated rings. The summed E-state index contributed by atoms with van der Waals surface area (Å²) in [7, 11) is -2.91. The Morgan fingerprint density at radius 3 is 3.26 bits per heavy atom. The zero-order valence-corrected chi connectivity index (χ0v) is 9.55. The van der Waals surface area contributed by atoms with Crippen molar-refractivity contribution in [3.05, 3.63) is 41.4 Å². The third kappa shape index (κ3) is 2.76. The number of nitrogens with zero attached hydrogens (tertiary/aromatic N) is 4. The Hall–Kier alpha value is -2.29. The van der Waals surface area contributed by atoms with E-state index in [1.54, 1.807) is 12.1 Å². The molecule has 1 N–H and O–H groups in total. The quantitative estimate of drug-likeness (QED) is 0.477. The summed E-state index contributed by atoms with van der Waals surface area (Å²) in [4.78, 5) is 11.0. The zero-order valence-electron chi connectivity index (χ0n) is 12.6. The molecular weight excluding hydrogens is 252 g/mol. The Morgan fingerprint density at radius 1 is 1.68 bits per heavy atom. The van der Waals surface area contributed by atoms with Gasteiger partial charge in [-0.25, -0.2) is 9.86 Å². The van der Waals surface area contributed by atoms with Gasteiger partial charge in [-0.2, -0.15) is 10.2 Å². The number of anilines is 2. The number of fused-ring (bicyclic) bond motifs is 1. The third-order valence-corrected chi connectivity index (χ3v) is 2.39. The molecule has 0 aliphatic carbocycles. The van der Waals surface area contributed by atoms with Crippen LogP contribution >= 0.6 is 0 Å². The Bertz CT molecular complexity index is 632. The fourth-order valence-electron chi connectivity index (χ4n) is 1.57. The second kappa shape index (κ2) is 5.57. The highest BCUT2D eigenvalue weighted by Gasteiger charge is 2.29. The second-order valence-corrected chi connectivity index (χ2v) is 3.54. The van der Waals surface area contributed by atoms with Crippen LogP contribution in [0.1, 0.15) is 4.11 Å². The van der Waals surface area contributed by atoms with Crippen LogP contribution in [0.5, 0.6) is 0 Å². The lowest BCUT2D eigenvalue weighted by molar-refractivity contribution is 0.180. The summed E-state index contributed by atoms with van der Waals surface area (Å²) in [5, 5.41) is 29.5. The summed E-state index contributed by atoms with van der Waals surface area (Å²) in [6.07, 6.45) is -0.446. The number of methoxy groups -OCH3 is 1. The van der Waals surface area contributed by atoms with Crippen LogP contribution in [0.2, 0.25) is 0 Å². The minimum Gasteiger partial charge on any atom is -0.576 e. The largest absolute Gasteiger partial charge is 0.576 e. The van der Waals surface area contributed by atoms with Gasteiger partial charge >= 0.3 is 6.09 Å². The van der Waals surface area contributed by atoms with Gasteiger partial charge in [-0.15, -0.1) is 0 Å². The highest BCUT2D eigenvalue weighted by atomic mass is 16.5. The maximum atomic E-state index is 11.8. The number of hydroxylamine groups is 2. The molecule has 1 aliphatic heterocycles. The Morgan fingerprint density at radius 2 is 2.47 bits per heavy atom. The fourth-order valence-corrected chi connectivity index (χ4v) is 1.57. The van der Waals surface area contributed by atoms with Crippen LogP contribution in [0.4, 0.5) is 16.2 Å². The van der Waals surface area contributed by atoms with Crippen LogP contribution in [0.25, 0.3) is 0 Å². The van der Waals surface area contributed by atoms with Crippen molar-refractivity contribution in [2.75, 3.05) is 18.6 Å². The van der Waals surface area contributed by atoms with Gasteiger partial charge in [-0.3, -0.25) is 5.21 Å². The summed E-state index contributed by atoms with van der Waals surface area (Å²) >= 11 is 0. The maximum Gasteiger partial charge on any atom is 0.452 e. The van der Waals surface area contributed by atoms with E-state index in [1.165, 1.54) is 12.1 Å². The van der Waals surface area contributed by atoms with Crippen molar-refractivity contribution in [3.8, 4) is 0 Å². The molecule has 1 radical (unpaired) electrons. The van der Waals surface area contributed by atoms with Gasteiger partial charge in [0.1, 0.15) is 11.4 Å². The summed E-state index contributed by atoms with van der Waals surface area (Å²) in [6, 6.07) is 6.34. The number of hydrogen-bond donors (Lipinski definition) is 1. The average Bonchev–Trinajstić information content (AvgIpc) is 2.42. The van der Waals surface area contributed by atoms with Gasteiger partial charge in [0, 0.05) is 6.07 Å². The van der Waals surface area contributed by atoms with Gasteiger partial charge in [0.05, 0.1) is 17.4 Å². The van der Waals surface area contributed by atoms with Gasteiger partial charge in [-0.05, 0) is 6.07 Å². The first kappa shape index (κ1) is 9.62. The van der Waals surface area contributed by atoms with Gasteiger partial charge in [0.2, 0.25) is 5.69 Å². The molecule has 0 aromatic heterocycles. The van der Waals surface area contributed by atoms with Crippen molar-refractivity contribution < 1.29 is 18.9 Å². The molecule has 0 saturated carbocycles. The van der Waals surface area contributed by atoms with Crippen LogP contribution < -0.4 is 10.1 Å². The molecule has 8 heteroatoms. The fraction of sp³-hybridized carbons (Fsp3) is 0.182. The first-order chi connectivity index (χ1) is 10.3. The number of ether oxygens (including phenoxy) is 1. The number of carbonyl (C=O) groups excluding carboxylic acids is 1. The van der Waals surface area contributed by atoms with E-state index < -0.39 is 13.1 Å². The minimum atomic E-state index is -2.91. The molecule has 0 atom stereocenters. The van der Waals surface area contributed by atoms with Crippen LogP contribution in [0.3, 0.4) is 0 Å². The maximum absolute atomic E-state index is 11.8. The Kier molecular flexibility index (Phi) is 2.82. The number of azo groups is 1. The molecule has 0 unspecified atom stereocenters. The standard InChI is InChI=1S/C11H11N4O4/c1-19-11(16)13-12-6-8-7-14(17)9-4-2-3-5-10(9)15(8)18/h2-6,18H,7H2,1H3/i1D3. The van der Waals surface area contributed by atoms with Crippen molar-refractivity contribution in [1.82, 2.24) is 5.06 Å². The number of para-hydroxylation sites is 2. The molecule has 1 aliphatic rings. The lowest BCUT2D eigenvalue weighted by Crippen LogP contribution is -2.35. The van der Waals surface area contributed by atoms with E-state index in [1.807, 2.05) is 0 Å². The normalized spacial score (nSPS) is 20.8. The molecule has 99 valence electrons. The summed E-state index contributed by atoms with van der Waals surface area (Å²) in [5.41, 5.74) is 0.579. The number of amides is 1. The lowest BCUT2D eigenvalue weighted by atomic mass is 10.2. The van der Waals surface area contributed by atoms with Crippen molar-refractivity contribution in [2.45, 2.75) is 0 Å². The molecule has 1 amide bonds. The molecule has 0 saturated heterocycles. The SMILES string of the molecule is [2H]C([2H])([2H])OC(=O)N=NC=C1C[N+]([O-])c2ccccc2N1O.